The predicted octanol–water partition coefficient (Wildman–Crippen LogP) is 18.4. The van der Waals surface area contributed by atoms with Crippen LogP contribution in [-0.2, 0) is 28.6 Å². The number of ether oxygens (including phenoxy) is 3. The second kappa shape index (κ2) is 54.2. The number of carbonyl (C=O) groups is 3. The molecule has 0 bridgehead atoms. The summed E-state index contributed by atoms with van der Waals surface area (Å²) in [5.41, 5.74) is 0. The van der Waals surface area contributed by atoms with E-state index < -0.39 is 6.10 Å². The molecule has 0 radical (unpaired) electrons. The van der Waals surface area contributed by atoms with Crippen LogP contribution in [0.15, 0.2) is 85.1 Å². The molecule has 1 atom stereocenters. The van der Waals surface area contributed by atoms with Gasteiger partial charge in [-0.05, 0) is 89.9 Å². The molecule has 0 aliphatic heterocycles. The molecule has 0 spiro atoms. The highest BCUT2D eigenvalue weighted by Gasteiger charge is 2.19. The summed E-state index contributed by atoms with van der Waals surface area (Å²) in [6, 6.07) is 0. The minimum absolute atomic E-state index is 0.0867. The maximum absolute atomic E-state index is 12.8. The molecule has 0 aromatic heterocycles. The van der Waals surface area contributed by atoms with Gasteiger partial charge in [0.2, 0.25) is 0 Å². The van der Waals surface area contributed by atoms with Crippen molar-refractivity contribution in [1.82, 2.24) is 0 Å². The molecule has 6 heteroatoms. The SMILES string of the molecule is CC/C=C\C/C=C\C/C=C\C/C=C\CCCCCCCCC(=O)OCC(COC(=O)CCCCCCCCCCCCCCCC)OC(=O)CCCCCCC/C=C\C/C=C\C/C=C\CC. The number of hydrogen-bond donors (Lipinski definition) is 0. The third kappa shape index (κ3) is 51.6. The Bertz CT molecular complexity index is 1290. The predicted molar refractivity (Wildman–Crippen MR) is 284 cm³/mol. The number of allylic oxidation sites excluding steroid dienone is 14. The van der Waals surface area contributed by atoms with E-state index in [0.29, 0.717) is 19.3 Å². The van der Waals surface area contributed by atoms with Crippen LogP contribution in [0, 0.1) is 0 Å². The summed E-state index contributed by atoms with van der Waals surface area (Å²) in [4.78, 5) is 38.1. The molecule has 0 rings (SSSR count). The molecule has 0 aliphatic carbocycles. The first-order valence-corrected chi connectivity index (χ1v) is 27.6. The van der Waals surface area contributed by atoms with Gasteiger partial charge in [-0.25, -0.2) is 0 Å². The fourth-order valence-electron chi connectivity index (χ4n) is 7.57. The lowest BCUT2D eigenvalue weighted by Gasteiger charge is -2.18. The first-order valence-electron chi connectivity index (χ1n) is 27.6. The number of hydrogen-bond acceptors (Lipinski definition) is 6. The molecule has 0 aromatic rings. The van der Waals surface area contributed by atoms with Gasteiger partial charge < -0.3 is 14.2 Å². The molecule has 66 heavy (non-hydrogen) atoms. The third-order valence-electron chi connectivity index (χ3n) is 11.6. The summed E-state index contributed by atoms with van der Waals surface area (Å²) in [5, 5.41) is 0. The van der Waals surface area contributed by atoms with Crippen molar-refractivity contribution < 1.29 is 28.6 Å². The second-order valence-corrected chi connectivity index (χ2v) is 18.1. The molecule has 378 valence electrons. The van der Waals surface area contributed by atoms with Crippen molar-refractivity contribution in [2.45, 2.75) is 264 Å². The van der Waals surface area contributed by atoms with Crippen LogP contribution < -0.4 is 0 Å². The van der Waals surface area contributed by atoms with Gasteiger partial charge in [0, 0.05) is 19.3 Å². The standard InChI is InChI=1S/C60H102O6/c1-4-7-10-13-16-19-22-25-28-29-30-31-33-35-38-41-44-47-50-53-59(62)65-56-57(55-64-58(61)52-49-46-43-40-37-34-27-24-21-18-15-12-9-6-3)66-60(63)54-51-48-45-42-39-36-32-26-23-20-17-14-11-8-5-2/h7-8,10-11,16-17,19-20,25-26,28,30-32,57H,4-6,9,12-15,18,21-24,27,29,33-56H2,1-3H3/b10-7-,11-8-,19-16-,20-17-,28-25-,31-30-,32-26-. The van der Waals surface area contributed by atoms with Crippen molar-refractivity contribution in [2.24, 2.45) is 0 Å². The summed E-state index contributed by atoms with van der Waals surface area (Å²) >= 11 is 0. The fourth-order valence-corrected chi connectivity index (χ4v) is 7.57. The molecule has 0 aliphatic rings. The van der Waals surface area contributed by atoms with Crippen LogP contribution in [0.4, 0.5) is 0 Å². The Morgan fingerprint density at radius 3 is 0.924 bits per heavy atom. The Hall–Kier alpha value is -3.41. The van der Waals surface area contributed by atoms with Crippen LogP contribution in [0.2, 0.25) is 0 Å². The van der Waals surface area contributed by atoms with Gasteiger partial charge in [-0.3, -0.25) is 14.4 Å². The van der Waals surface area contributed by atoms with Crippen LogP contribution in [-0.4, -0.2) is 37.2 Å². The first kappa shape index (κ1) is 62.6. The summed E-state index contributed by atoms with van der Waals surface area (Å²) in [7, 11) is 0. The minimum atomic E-state index is -0.790. The lowest BCUT2D eigenvalue weighted by Crippen LogP contribution is -2.30. The average molecular weight is 919 g/mol. The number of carbonyl (C=O) groups excluding carboxylic acids is 3. The summed E-state index contributed by atoms with van der Waals surface area (Å²) in [6.07, 6.45) is 69.9. The van der Waals surface area contributed by atoms with Gasteiger partial charge in [-0.1, -0.05) is 234 Å². The zero-order valence-electron chi connectivity index (χ0n) is 43.2. The molecule has 0 saturated heterocycles. The molecule has 0 saturated carbocycles. The van der Waals surface area contributed by atoms with Crippen molar-refractivity contribution >= 4 is 17.9 Å². The van der Waals surface area contributed by atoms with Crippen LogP contribution in [0.25, 0.3) is 0 Å². The molecule has 0 N–H and O–H groups in total. The molecular formula is C60H102O6. The van der Waals surface area contributed by atoms with Gasteiger partial charge in [0.05, 0.1) is 0 Å². The number of rotatable bonds is 49. The van der Waals surface area contributed by atoms with Gasteiger partial charge in [-0.2, -0.15) is 0 Å². The Kier molecular flexibility index (Phi) is 51.4. The number of esters is 3. The summed E-state index contributed by atoms with van der Waals surface area (Å²) < 4.78 is 16.8. The van der Waals surface area contributed by atoms with E-state index in [0.717, 1.165) is 128 Å². The Morgan fingerprint density at radius 1 is 0.318 bits per heavy atom. The van der Waals surface area contributed by atoms with Gasteiger partial charge in [-0.15, -0.1) is 0 Å². The highest BCUT2D eigenvalue weighted by Crippen LogP contribution is 2.15. The van der Waals surface area contributed by atoms with Crippen LogP contribution >= 0.6 is 0 Å². The van der Waals surface area contributed by atoms with E-state index >= 15 is 0 Å². The zero-order chi connectivity index (χ0) is 47.9. The van der Waals surface area contributed by atoms with Crippen LogP contribution in [0.5, 0.6) is 0 Å². The van der Waals surface area contributed by atoms with Gasteiger partial charge in [0.15, 0.2) is 6.10 Å². The monoisotopic (exact) mass is 919 g/mol. The van der Waals surface area contributed by atoms with E-state index in [9.17, 15) is 14.4 Å². The first-order chi connectivity index (χ1) is 32.5. The fraction of sp³-hybridized carbons (Fsp3) is 0.717. The molecule has 0 amide bonds. The Morgan fingerprint density at radius 2 is 0.591 bits per heavy atom. The molecule has 0 aromatic carbocycles. The summed E-state index contributed by atoms with van der Waals surface area (Å²) in [6.45, 7) is 6.40. The maximum atomic E-state index is 12.8. The van der Waals surface area contributed by atoms with E-state index in [4.69, 9.17) is 14.2 Å². The van der Waals surface area contributed by atoms with Crippen molar-refractivity contribution in [3.05, 3.63) is 85.1 Å². The van der Waals surface area contributed by atoms with Crippen molar-refractivity contribution in [2.75, 3.05) is 13.2 Å². The van der Waals surface area contributed by atoms with Crippen LogP contribution in [0.3, 0.4) is 0 Å². The smallest absolute Gasteiger partial charge is 0.306 e. The number of unbranched alkanes of at least 4 members (excludes halogenated alkanes) is 24. The molecular weight excluding hydrogens is 817 g/mol. The quantitative estimate of drug-likeness (QED) is 0.0262. The van der Waals surface area contributed by atoms with Gasteiger partial charge >= 0.3 is 17.9 Å². The molecule has 0 fully saturated rings. The Balaban J connectivity index is 4.42. The lowest BCUT2D eigenvalue weighted by molar-refractivity contribution is -0.167. The van der Waals surface area contributed by atoms with E-state index in [2.05, 4.69) is 106 Å². The van der Waals surface area contributed by atoms with Crippen molar-refractivity contribution in [3.63, 3.8) is 0 Å². The minimum Gasteiger partial charge on any atom is -0.462 e. The van der Waals surface area contributed by atoms with Gasteiger partial charge in [0.1, 0.15) is 13.2 Å². The highest BCUT2D eigenvalue weighted by molar-refractivity contribution is 5.71. The Labute approximate surface area is 407 Å². The average Bonchev–Trinajstić information content (AvgIpc) is 3.31. The van der Waals surface area contributed by atoms with E-state index in [1.807, 2.05) is 0 Å². The third-order valence-corrected chi connectivity index (χ3v) is 11.6. The highest BCUT2D eigenvalue weighted by atomic mass is 16.6. The molecule has 1 unspecified atom stereocenters. The van der Waals surface area contributed by atoms with Crippen molar-refractivity contribution in [3.8, 4) is 0 Å². The summed E-state index contributed by atoms with van der Waals surface area (Å²) in [5.74, 6) is -0.914. The largest absolute Gasteiger partial charge is 0.462 e. The van der Waals surface area contributed by atoms with Gasteiger partial charge in [0.25, 0.3) is 0 Å². The topological polar surface area (TPSA) is 78.9 Å². The molecule has 0 heterocycles. The molecule has 6 nitrogen and oxygen atoms in total. The van der Waals surface area contributed by atoms with E-state index in [1.54, 1.807) is 0 Å². The lowest BCUT2D eigenvalue weighted by atomic mass is 10.0. The normalized spacial score (nSPS) is 12.7. The zero-order valence-corrected chi connectivity index (χ0v) is 43.2. The van der Waals surface area contributed by atoms with Crippen LogP contribution in [0.1, 0.15) is 258 Å². The van der Waals surface area contributed by atoms with E-state index in [-0.39, 0.29) is 31.1 Å². The van der Waals surface area contributed by atoms with Crippen molar-refractivity contribution in [1.29, 1.82) is 0 Å². The maximum Gasteiger partial charge on any atom is 0.306 e. The van der Waals surface area contributed by atoms with E-state index in [1.165, 1.54) is 89.9 Å². The second-order valence-electron chi connectivity index (χ2n) is 18.1.